The zero-order chi connectivity index (χ0) is 15.9. The molecule has 3 aliphatic rings. The van der Waals surface area contributed by atoms with Crippen molar-refractivity contribution in [3.05, 3.63) is 35.9 Å². The van der Waals surface area contributed by atoms with Crippen molar-refractivity contribution in [1.82, 2.24) is 4.90 Å². The second kappa shape index (κ2) is 7.05. The van der Waals surface area contributed by atoms with E-state index in [0.29, 0.717) is 11.8 Å². The summed E-state index contributed by atoms with van der Waals surface area (Å²) < 4.78 is 0. The molecule has 4 rings (SSSR count). The molecule has 132 valence electrons. The SMILES string of the molecule is Cl.NC1CCCN(C(=O)C2(Cc3ccccc3)CC3CCC2C3)C1. The Morgan fingerprint density at radius 2 is 2.00 bits per heavy atom. The van der Waals surface area contributed by atoms with Crippen LogP contribution in [0.1, 0.15) is 44.1 Å². The number of fused-ring (bicyclic) bond motifs is 2. The molecule has 0 spiro atoms. The highest BCUT2D eigenvalue weighted by molar-refractivity contribution is 5.85. The van der Waals surface area contributed by atoms with E-state index in [0.717, 1.165) is 44.7 Å². The van der Waals surface area contributed by atoms with Crippen molar-refractivity contribution in [3.8, 4) is 0 Å². The minimum Gasteiger partial charge on any atom is -0.341 e. The summed E-state index contributed by atoms with van der Waals surface area (Å²) in [6, 6.07) is 10.8. The van der Waals surface area contributed by atoms with E-state index < -0.39 is 0 Å². The molecule has 1 aliphatic heterocycles. The molecule has 4 atom stereocenters. The van der Waals surface area contributed by atoms with Crippen LogP contribution >= 0.6 is 12.4 Å². The Kier molecular flexibility index (Phi) is 5.22. The molecule has 3 fully saturated rings. The number of likely N-dealkylation sites (tertiary alicyclic amines) is 1. The monoisotopic (exact) mass is 348 g/mol. The Labute approximate surface area is 151 Å². The maximum absolute atomic E-state index is 13.5. The molecule has 1 heterocycles. The van der Waals surface area contributed by atoms with Crippen LogP contribution in [0, 0.1) is 17.3 Å². The number of rotatable bonds is 3. The fourth-order valence-corrected chi connectivity index (χ4v) is 5.47. The fraction of sp³-hybridized carbons (Fsp3) is 0.650. The third-order valence-corrected chi connectivity index (χ3v) is 6.51. The summed E-state index contributed by atoms with van der Waals surface area (Å²) in [5.41, 5.74) is 7.30. The van der Waals surface area contributed by atoms with Crippen LogP contribution in [-0.2, 0) is 11.2 Å². The lowest BCUT2D eigenvalue weighted by molar-refractivity contribution is -0.146. The number of hydrogen-bond donors (Lipinski definition) is 1. The van der Waals surface area contributed by atoms with Crippen LogP contribution in [0.4, 0.5) is 0 Å². The molecule has 0 aromatic heterocycles. The van der Waals surface area contributed by atoms with E-state index in [1.54, 1.807) is 0 Å². The molecule has 1 saturated heterocycles. The number of piperidine rings is 1. The summed E-state index contributed by atoms with van der Waals surface area (Å²) in [6.07, 6.45) is 7.95. The van der Waals surface area contributed by atoms with Gasteiger partial charge in [0.2, 0.25) is 5.91 Å². The first-order valence-electron chi connectivity index (χ1n) is 9.26. The number of amides is 1. The minimum atomic E-state index is -0.151. The summed E-state index contributed by atoms with van der Waals surface area (Å²) >= 11 is 0. The summed E-state index contributed by atoms with van der Waals surface area (Å²) in [4.78, 5) is 15.6. The molecule has 0 radical (unpaired) electrons. The van der Waals surface area contributed by atoms with Gasteiger partial charge < -0.3 is 10.6 Å². The van der Waals surface area contributed by atoms with Crippen molar-refractivity contribution >= 4 is 18.3 Å². The average molecular weight is 349 g/mol. The quantitative estimate of drug-likeness (QED) is 0.909. The zero-order valence-electron chi connectivity index (χ0n) is 14.3. The molecule has 1 aromatic rings. The van der Waals surface area contributed by atoms with E-state index in [9.17, 15) is 4.79 Å². The normalized spacial score (nSPS) is 34.9. The standard InChI is InChI=1S/C20H28N2O.ClH/c21-18-7-4-10-22(14-18)19(23)20(12-15-5-2-1-3-6-15)13-16-8-9-17(20)11-16;/h1-3,5-6,16-18H,4,7-14,21H2;1H. The van der Waals surface area contributed by atoms with Gasteiger partial charge in [0.15, 0.2) is 0 Å². The summed E-state index contributed by atoms with van der Waals surface area (Å²) in [5, 5.41) is 0. The van der Waals surface area contributed by atoms with Gasteiger partial charge in [-0.1, -0.05) is 36.8 Å². The first-order valence-corrected chi connectivity index (χ1v) is 9.26. The molecular weight excluding hydrogens is 320 g/mol. The van der Waals surface area contributed by atoms with Gasteiger partial charge >= 0.3 is 0 Å². The lowest BCUT2D eigenvalue weighted by Crippen LogP contribution is -2.53. The number of nitrogens with zero attached hydrogens (tertiary/aromatic N) is 1. The molecule has 4 heteroatoms. The lowest BCUT2D eigenvalue weighted by Gasteiger charge is -2.42. The molecule has 24 heavy (non-hydrogen) atoms. The summed E-state index contributed by atoms with van der Waals surface area (Å²) in [5.74, 6) is 1.76. The second-order valence-corrected chi connectivity index (χ2v) is 8.05. The van der Waals surface area contributed by atoms with E-state index in [4.69, 9.17) is 5.73 Å². The number of carbonyl (C=O) groups excluding carboxylic acids is 1. The topological polar surface area (TPSA) is 46.3 Å². The smallest absolute Gasteiger partial charge is 0.229 e. The number of hydrogen-bond acceptors (Lipinski definition) is 2. The maximum atomic E-state index is 13.5. The van der Waals surface area contributed by atoms with Crippen LogP contribution < -0.4 is 5.73 Å². The van der Waals surface area contributed by atoms with Gasteiger partial charge in [0, 0.05) is 19.1 Å². The fourth-order valence-electron chi connectivity index (χ4n) is 5.47. The van der Waals surface area contributed by atoms with Gasteiger partial charge in [-0.15, -0.1) is 12.4 Å². The first-order chi connectivity index (χ1) is 11.2. The second-order valence-electron chi connectivity index (χ2n) is 8.05. The van der Waals surface area contributed by atoms with Gasteiger partial charge in [0.1, 0.15) is 0 Å². The largest absolute Gasteiger partial charge is 0.341 e. The first kappa shape index (κ1) is 17.8. The number of nitrogens with two attached hydrogens (primary N) is 1. The van der Waals surface area contributed by atoms with E-state index >= 15 is 0 Å². The summed E-state index contributed by atoms with van der Waals surface area (Å²) in [7, 11) is 0. The zero-order valence-corrected chi connectivity index (χ0v) is 15.1. The lowest BCUT2D eigenvalue weighted by atomic mass is 9.68. The van der Waals surface area contributed by atoms with Crippen molar-refractivity contribution in [1.29, 1.82) is 0 Å². The van der Waals surface area contributed by atoms with E-state index in [1.807, 2.05) is 0 Å². The van der Waals surface area contributed by atoms with Gasteiger partial charge in [-0.25, -0.2) is 0 Å². The van der Waals surface area contributed by atoms with Crippen LogP contribution in [0.2, 0.25) is 0 Å². The highest BCUT2D eigenvalue weighted by atomic mass is 35.5. The van der Waals surface area contributed by atoms with Gasteiger partial charge in [0.05, 0.1) is 5.41 Å². The Hall–Kier alpha value is -1.06. The van der Waals surface area contributed by atoms with Gasteiger partial charge in [-0.2, -0.15) is 0 Å². The van der Waals surface area contributed by atoms with Crippen LogP contribution in [0.25, 0.3) is 0 Å². The summed E-state index contributed by atoms with van der Waals surface area (Å²) in [6.45, 7) is 1.66. The predicted octanol–water partition coefficient (Wildman–Crippen LogP) is 3.41. The maximum Gasteiger partial charge on any atom is 0.229 e. The molecule has 2 aliphatic carbocycles. The highest BCUT2D eigenvalue weighted by Gasteiger charge is 2.56. The molecule has 4 unspecified atom stereocenters. The number of benzene rings is 1. The Bertz CT molecular complexity index is 578. The molecule has 1 amide bonds. The highest BCUT2D eigenvalue weighted by Crippen LogP contribution is 2.58. The molecule has 2 N–H and O–H groups in total. The number of halogens is 1. The average Bonchev–Trinajstić information content (AvgIpc) is 3.16. The minimum absolute atomic E-state index is 0. The molecule has 3 nitrogen and oxygen atoms in total. The molecule has 2 bridgehead atoms. The Morgan fingerprint density at radius 1 is 1.21 bits per heavy atom. The van der Waals surface area contributed by atoms with Crippen LogP contribution in [0.15, 0.2) is 30.3 Å². The van der Waals surface area contributed by atoms with Crippen LogP contribution in [0.3, 0.4) is 0 Å². The third-order valence-electron chi connectivity index (χ3n) is 6.51. The van der Waals surface area contributed by atoms with Crippen molar-refractivity contribution in [2.75, 3.05) is 13.1 Å². The van der Waals surface area contributed by atoms with E-state index in [1.165, 1.54) is 24.8 Å². The molecular formula is C20H29ClN2O. The Balaban J connectivity index is 0.00000169. The van der Waals surface area contributed by atoms with Crippen molar-refractivity contribution in [2.45, 2.75) is 51.0 Å². The van der Waals surface area contributed by atoms with Gasteiger partial charge in [-0.05, 0) is 55.9 Å². The predicted molar refractivity (Wildman–Crippen MR) is 99.1 cm³/mol. The van der Waals surface area contributed by atoms with Crippen molar-refractivity contribution < 1.29 is 4.79 Å². The van der Waals surface area contributed by atoms with Gasteiger partial charge in [0.25, 0.3) is 0 Å². The van der Waals surface area contributed by atoms with Crippen LogP contribution in [0.5, 0.6) is 0 Å². The molecule has 2 saturated carbocycles. The van der Waals surface area contributed by atoms with Crippen molar-refractivity contribution in [3.63, 3.8) is 0 Å². The van der Waals surface area contributed by atoms with Crippen LogP contribution in [-0.4, -0.2) is 29.9 Å². The number of carbonyl (C=O) groups is 1. The van der Waals surface area contributed by atoms with E-state index in [2.05, 4.69) is 35.2 Å². The van der Waals surface area contributed by atoms with Crippen molar-refractivity contribution in [2.24, 2.45) is 23.0 Å². The van der Waals surface area contributed by atoms with E-state index in [-0.39, 0.29) is 23.9 Å². The third kappa shape index (κ3) is 3.09. The Morgan fingerprint density at radius 3 is 2.62 bits per heavy atom. The molecule has 1 aromatic carbocycles. The van der Waals surface area contributed by atoms with Gasteiger partial charge in [-0.3, -0.25) is 4.79 Å².